The number of nitrogens with zero attached hydrogens (tertiary/aromatic N) is 1. The van der Waals surface area contributed by atoms with Gasteiger partial charge in [0.15, 0.2) is 5.78 Å². The van der Waals surface area contributed by atoms with Crippen LogP contribution in [-0.4, -0.2) is 29.3 Å². The molecule has 0 saturated carbocycles. The largest absolute Gasteiger partial charge is 0.467 e. The van der Waals surface area contributed by atoms with E-state index in [2.05, 4.69) is 0 Å². The van der Waals surface area contributed by atoms with Crippen molar-refractivity contribution in [3.8, 4) is 0 Å². The molecule has 1 unspecified atom stereocenters. The van der Waals surface area contributed by atoms with Gasteiger partial charge in [0.1, 0.15) is 5.54 Å². The highest BCUT2D eigenvalue weighted by Crippen LogP contribution is 2.28. The zero-order valence-corrected chi connectivity index (χ0v) is 11.1. The van der Waals surface area contributed by atoms with E-state index in [1.165, 1.54) is 13.2 Å². The van der Waals surface area contributed by atoms with Gasteiger partial charge in [-0.1, -0.05) is 30.3 Å². The smallest absolute Gasteiger partial charge is 0.331 e. The molecule has 1 aromatic carbocycles. The lowest BCUT2D eigenvalue weighted by Crippen LogP contribution is -2.53. The van der Waals surface area contributed by atoms with Crippen LogP contribution in [0.2, 0.25) is 0 Å². The van der Waals surface area contributed by atoms with Gasteiger partial charge in [-0.2, -0.15) is 0 Å². The number of allylic oxidation sites excluding steroid dienone is 1. The lowest BCUT2D eigenvalue weighted by atomic mass is 9.90. The predicted octanol–water partition coefficient (Wildman–Crippen LogP) is 1.91. The monoisotopic (exact) mass is 259 g/mol. The summed E-state index contributed by atoms with van der Waals surface area (Å²) < 4.78 is 4.84. The van der Waals surface area contributed by atoms with Gasteiger partial charge in [-0.05, 0) is 18.6 Å². The Morgan fingerprint density at radius 3 is 2.68 bits per heavy atom. The van der Waals surface area contributed by atoms with Crippen LogP contribution in [0.25, 0.3) is 0 Å². The Labute approximate surface area is 112 Å². The Morgan fingerprint density at radius 2 is 2.05 bits per heavy atom. The molecule has 1 aliphatic rings. The van der Waals surface area contributed by atoms with Gasteiger partial charge in [-0.25, -0.2) is 4.79 Å². The highest BCUT2D eigenvalue weighted by atomic mass is 16.5. The number of benzene rings is 1. The van der Waals surface area contributed by atoms with Crippen LogP contribution in [-0.2, 0) is 20.9 Å². The molecule has 0 spiro atoms. The van der Waals surface area contributed by atoms with Crippen LogP contribution in [0.4, 0.5) is 0 Å². The van der Waals surface area contributed by atoms with E-state index in [0.29, 0.717) is 6.54 Å². The second-order valence-corrected chi connectivity index (χ2v) is 4.84. The Hall–Kier alpha value is -2.10. The second-order valence-electron chi connectivity index (χ2n) is 4.84. The molecule has 100 valence electrons. The first-order valence-electron chi connectivity index (χ1n) is 6.16. The minimum atomic E-state index is -0.934. The van der Waals surface area contributed by atoms with Crippen molar-refractivity contribution in [2.75, 3.05) is 7.11 Å². The van der Waals surface area contributed by atoms with E-state index >= 15 is 0 Å². The third-order valence-electron chi connectivity index (χ3n) is 3.41. The molecule has 1 heterocycles. The quantitative estimate of drug-likeness (QED) is 0.778. The zero-order valence-electron chi connectivity index (χ0n) is 11.1. The molecule has 0 fully saturated rings. The van der Waals surface area contributed by atoms with Crippen LogP contribution >= 0.6 is 0 Å². The van der Waals surface area contributed by atoms with Crippen molar-refractivity contribution in [3.63, 3.8) is 0 Å². The zero-order chi connectivity index (χ0) is 13.9. The van der Waals surface area contributed by atoms with Gasteiger partial charge in [-0.15, -0.1) is 0 Å². The van der Waals surface area contributed by atoms with Gasteiger partial charge in [0.2, 0.25) is 0 Å². The van der Waals surface area contributed by atoms with E-state index in [9.17, 15) is 9.59 Å². The molecule has 4 nitrogen and oxygen atoms in total. The number of ether oxygens (including phenoxy) is 1. The summed E-state index contributed by atoms with van der Waals surface area (Å²) in [6.07, 6.45) is 3.33. The molecule has 1 atom stereocenters. The van der Waals surface area contributed by atoms with Crippen molar-refractivity contribution >= 4 is 11.8 Å². The summed E-state index contributed by atoms with van der Waals surface area (Å²) in [5.41, 5.74) is 0.146. The summed E-state index contributed by atoms with van der Waals surface area (Å²) in [5, 5.41) is 0. The maximum atomic E-state index is 12.0. The van der Waals surface area contributed by atoms with E-state index in [-0.39, 0.29) is 18.2 Å². The van der Waals surface area contributed by atoms with E-state index in [4.69, 9.17) is 4.74 Å². The third-order valence-corrected chi connectivity index (χ3v) is 3.41. The summed E-state index contributed by atoms with van der Waals surface area (Å²) in [5.74, 6) is -0.446. The average molecular weight is 259 g/mol. The summed E-state index contributed by atoms with van der Waals surface area (Å²) >= 11 is 0. The first-order chi connectivity index (χ1) is 9.06. The highest BCUT2D eigenvalue weighted by Gasteiger charge is 2.42. The molecule has 0 N–H and O–H groups in total. The molecule has 19 heavy (non-hydrogen) atoms. The summed E-state index contributed by atoms with van der Waals surface area (Å²) in [6, 6.07) is 9.82. The van der Waals surface area contributed by atoms with Crippen LogP contribution in [0.3, 0.4) is 0 Å². The molecule has 0 amide bonds. The Balaban J connectivity index is 2.28. The molecular formula is C15H17NO3. The third kappa shape index (κ3) is 2.67. The summed E-state index contributed by atoms with van der Waals surface area (Å²) in [6.45, 7) is 2.30. The molecule has 0 aliphatic carbocycles. The minimum absolute atomic E-state index is 0.0581. The maximum absolute atomic E-state index is 12.0. The minimum Gasteiger partial charge on any atom is -0.467 e. The molecule has 0 saturated heterocycles. The van der Waals surface area contributed by atoms with Crippen molar-refractivity contribution in [2.45, 2.75) is 25.4 Å². The van der Waals surface area contributed by atoms with Crippen molar-refractivity contribution in [3.05, 3.63) is 48.2 Å². The number of methoxy groups -OCH3 is 1. The van der Waals surface area contributed by atoms with Crippen molar-refractivity contribution in [2.24, 2.45) is 0 Å². The van der Waals surface area contributed by atoms with Crippen molar-refractivity contribution in [1.82, 2.24) is 4.90 Å². The van der Waals surface area contributed by atoms with Crippen molar-refractivity contribution < 1.29 is 14.3 Å². The summed E-state index contributed by atoms with van der Waals surface area (Å²) in [4.78, 5) is 25.4. The Kier molecular flexibility index (Phi) is 3.69. The topological polar surface area (TPSA) is 46.6 Å². The van der Waals surface area contributed by atoms with Gasteiger partial charge in [-0.3, -0.25) is 4.79 Å². The average Bonchev–Trinajstić information content (AvgIpc) is 2.42. The highest BCUT2D eigenvalue weighted by molar-refractivity contribution is 5.97. The van der Waals surface area contributed by atoms with E-state index in [0.717, 1.165) is 5.56 Å². The van der Waals surface area contributed by atoms with Gasteiger partial charge < -0.3 is 9.64 Å². The van der Waals surface area contributed by atoms with E-state index in [1.807, 2.05) is 35.2 Å². The Bertz CT molecular complexity index is 509. The van der Waals surface area contributed by atoms with Gasteiger partial charge in [0.05, 0.1) is 7.11 Å². The molecule has 0 radical (unpaired) electrons. The number of carbonyl (C=O) groups is 2. The Morgan fingerprint density at radius 1 is 1.37 bits per heavy atom. The van der Waals surface area contributed by atoms with Gasteiger partial charge in [0.25, 0.3) is 0 Å². The fraction of sp³-hybridized carbons (Fsp3) is 0.333. The fourth-order valence-electron chi connectivity index (χ4n) is 2.25. The molecule has 4 heteroatoms. The van der Waals surface area contributed by atoms with Crippen LogP contribution in [0, 0.1) is 0 Å². The number of carbonyl (C=O) groups excluding carboxylic acids is 2. The molecule has 0 aromatic heterocycles. The maximum Gasteiger partial charge on any atom is 0.331 e. The molecular weight excluding hydrogens is 242 g/mol. The second kappa shape index (κ2) is 5.26. The van der Waals surface area contributed by atoms with Crippen molar-refractivity contribution in [1.29, 1.82) is 0 Å². The van der Waals surface area contributed by atoms with E-state index in [1.54, 1.807) is 13.1 Å². The first kappa shape index (κ1) is 13.3. The van der Waals surface area contributed by atoms with Gasteiger partial charge >= 0.3 is 5.97 Å². The predicted molar refractivity (Wildman–Crippen MR) is 71.2 cm³/mol. The number of ketones is 1. The lowest BCUT2D eigenvalue weighted by Gasteiger charge is -2.40. The fourth-order valence-corrected chi connectivity index (χ4v) is 2.25. The first-order valence-corrected chi connectivity index (χ1v) is 6.16. The van der Waals surface area contributed by atoms with Crippen LogP contribution in [0.15, 0.2) is 42.6 Å². The number of hydrogen-bond acceptors (Lipinski definition) is 4. The number of rotatable bonds is 3. The molecule has 1 aromatic rings. The SMILES string of the molecule is COC(=O)C1(C)CC(=O)C=CN1Cc1ccccc1. The van der Waals surface area contributed by atoms with E-state index < -0.39 is 5.54 Å². The normalized spacial score (nSPS) is 22.4. The van der Waals surface area contributed by atoms with Gasteiger partial charge in [0, 0.05) is 19.2 Å². The lowest BCUT2D eigenvalue weighted by molar-refractivity contribution is -0.155. The molecule has 0 bridgehead atoms. The molecule has 1 aliphatic heterocycles. The molecule has 2 rings (SSSR count). The summed E-state index contributed by atoms with van der Waals surface area (Å²) in [7, 11) is 1.34. The standard InChI is InChI=1S/C15H17NO3/c1-15(14(18)19-2)10-13(17)8-9-16(15)11-12-6-4-3-5-7-12/h3-9H,10-11H2,1-2H3. The number of esters is 1. The van der Waals surface area contributed by atoms with Crippen LogP contribution in [0.5, 0.6) is 0 Å². The van der Waals surface area contributed by atoms with Crippen LogP contribution in [0.1, 0.15) is 18.9 Å². The van der Waals surface area contributed by atoms with Crippen LogP contribution < -0.4 is 0 Å². The number of hydrogen-bond donors (Lipinski definition) is 0.